The molecule has 0 aromatic heterocycles. The second-order valence-corrected chi connectivity index (χ2v) is 4.66. The lowest BCUT2D eigenvalue weighted by Gasteiger charge is -2.09. The van der Waals surface area contributed by atoms with Gasteiger partial charge in [-0.1, -0.05) is 39.1 Å². The molecule has 0 aliphatic heterocycles. The first-order valence-corrected chi connectivity index (χ1v) is 5.95. The molecule has 1 N–H and O–H groups in total. The molecular formula is C10H9BrCl2N2. The van der Waals surface area contributed by atoms with Gasteiger partial charge in [-0.25, -0.2) is 0 Å². The lowest BCUT2D eigenvalue weighted by Crippen LogP contribution is -2.02. The normalized spacial score (nSPS) is 9.73. The van der Waals surface area contributed by atoms with Crippen LogP contribution in [-0.4, -0.2) is 6.54 Å². The summed E-state index contributed by atoms with van der Waals surface area (Å²) in [5.74, 6) is 0. The number of nitrogens with one attached hydrogen (secondary N) is 1. The lowest BCUT2D eigenvalue weighted by molar-refractivity contribution is 0.897. The largest absolute Gasteiger partial charge is 0.383 e. The molecule has 15 heavy (non-hydrogen) atoms. The van der Waals surface area contributed by atoms with Gasteiger partial charge in [0.2, 0.25) is 0 Å². The molecule has 0 aliphatic rings. The Hall–Kier alpha value is -0.430. The summed E-state index contributed by atoms with van der Waals surface area (Å²) in [6.07, 6.45) is 1.30. The second-order valence-electron chi connectivity index (χ2n) is 2.93. The van der Waals surface area contributed by atoms with E-state index in [1.54, 1.807) is 12.1 Å². The monoisotopic (exact) mass is 306 g/mol. The van der Waals surface area contributed by atoms with Crippen LogP contribution in [0.5, 0.6) is 0 Å². The van der Waals surface area contributed by atoms with Gasteiger partial charge in [0.15, 0.2) is 0 Å². The van der Waals surface area contributed by atoms with Gasteiger partial charge in [-0.05, 0) is 18.6 Å². The SMILES string of the molecule is N#CCCCNc1c(Cl)cc(Br)cc1Cl. The number of hydrogen-bond donors (Lipinski definition) is 1. The molecule has 0 spiro atoms. The zero-order valence-electron chi connectivity index (χ0n) is 7.86. The first kappa shape index (κ1) is 12.6. The third kappa shape index (κ3) is 3.90. The van der Waals surface area contributed by atoms with E-state index in [1.807, 2.05) is 0 Å². The van der Waals surface area contributed by atoms with Crippen molar-refractivity contribution in [1.29, 1.82) is 5.26 Å². The number of nitrogens with zero attached hydrogens (tertiary/aromatic N) is 1. The van der Waals surface area contributed by atoms with E-state index < -0.39 is 0 Å². The summed E-state index contributed by atoms with van der Waals surface area (Å²) < 4.78 is 0.847. The zero-order chi connectivity index (χ0) is 11.3. The summed E-state index contributed by atoms with van der Waals surface area (Å²) in [6, 6.07) is 5.63. The van der Waals surface area contributed by atoms with Gasteiger partial charge in [-0.3, -0.25) is 0 Å². The van der Waals surface area contributed by atoms with Crippen LogP contribution in [0.2, 0.25) is 10.0 Å². The summed E-state index contributed by atoms with van der Waals surface area (Å²) in [5.41, 5.74) is 0.722. The minimum atomic E-state index is 0.527. The zero-order valence-corrected chi connectivity index (χ0v) is 11.0. The van der Waals surface area contributed by atoms with Crippen LogP contribution in [0, 0.1) is 11.3 Å². The molecule has 5 heteroatoms. The Kier molecular flexibility index (Phi) is 5.24. The van der Waals surface area contributed by atoms with E-state index in [0.717, 1.165) is 16.6 Å². The summed E-state index contributed by atoms with van der Waals surface area (Å²) >= 11 is 15.3. The molecule has 0 saturated carbocycles. The number of benzene rings is 1. The molecule has 0 aliphatic carbocycles. The molecule has 0 fully saturated rings. The van der Waals surface area contributed by atoms with Gasteiger partial charge >= 0.3 is 0 Å². The van der Waals surface area contributed by atoms with Gasteiger partial charge in [0.05, 0.1) is 21.8 Å². The van der Waals surface area contributed by atoms with Gasteiger partial charge in [0.25, 0.3) is 0 Å². The first-order valence-electron chi connectivity index (χ1n) is 4.40. The van der Waals surface area contributed by atoms with E-state index in [4.69, 9.17) is 28.5 Å². The number of hydrogen-bond acceptors (Lipinski definition) is 2. The molecule has 0 amide bonds. The third-order valence-corrected chi connectivity index (χ3v) is 2.83. The minimum absolute atomic E-state index is 0.527. The van der Waals surface area contributed by atoms with Crippen LogP contribution in [-0.2, 0) is 0 Å². The average molecular weight is 308 g/mol. The van der Waals surface area contributed by atoms with Crippen molar-refractivity contribution in [2.24, 2.45) is 0 Å². The molecule has 0 radical (unpaired) electrons. The molecule has 0 atom stereocenters. The van der Waals surface area contributed by atoms with Crippen molar-refractivity contribution < 1.29 is 0 Å². The van der Waals surface area contributed by atoms with Crippen molar-refractivity contribution in [3.63, 3.8) is 0 Å². The Morgan fingerprint density at radius 2 is 1.93 bits per heavy atom. The average Bonchev–Trinajstić information content (AvgIpc) is 2.15. The highest BCUT2D eigenvalue weighted by Crippen LogP contribution is 2.33. The molecule has 1 aromatic carbocycles. The van der Waals surface area contributed by atoms with Crippen LogP contribution in [0.15, 0.2) is 16.6 Å². The number of unbranched alkanes of at least 4 members (excludes halogenated alkanes) is 1. The van der Waals surface area contributed by atoms with E-state index in [9.17, 15) is 0 Å². The van der Waals surface area contributed by atoms with Crippen molar-refractivity contribution in [1.82, 2.24) is 0 Å². The highest BCUT2D eigenvalue weighted by Gasteiger charge is 2.06. The summed E-state index contributed by atoms with van der Waals surface area (Å²) in [7, 11) is 0. The van der Waals surface area contributed by atoms with Crippen molar-refractivity contribution in [3.05, 3.63) is 26.7 Å². The van der Waals surface area contributed by atoms with Gasteiger partial charge in [-0.2, -0.15) is 5.26 Å². The fourth-order valence-corrected chi connectivity index (χ4v) is 2.43. The quantitative estimate of drug-likeness (QED) is 0.833. The van der Waals surface area contributed by atoms with Crippen molar-refractivity contribution >= 4 is 44.8 Å². The van der Waals surface area contributed by atoms with Gasteiger partial charge in [0, 0.05) is 17.4 Å². The second kappa shape index (κ2) is 6.22. The van der Waals surface area contributed by atoms with E-state index in [-0.39, 0.29) is 0 Å². The predicted octanol–water partition coefficient (Wildman–Crippen LogP) is 4.47. The Morgan fingerprint density at radius 1 is 1.33 bits per heavy atom. The summed E-state index contributed by atoms with van der Waals surface area (Å²) in [4.78, 5) is 0. The molecule has 1 aromatic rings. The van der Waals surface area contributed by atoms with Crippen molar-refractivity contribution in [2.45, 2.75) is 12.8 Å². The van der Waals surface area contributed by atoms with E-state index >= 15 is 0 Å². The lowest BCUT2D eigenvalue weighted by atomic mass is 10.3. The first-order chi connectivity index (χ1) is 7.15. The molecule has 0 saturated heterocycles. The van der Waals surface area contributed by atoms with Crippen LogP contribution < -0.4 is 5.32 Å². The number of anilines is 1. The van der Waals surface area contributed by atoms with Crippen LogP contribution in [0.25, 0.3) is 0 Å². The maximum Gasteiger partial charge on any atom is 0.0719 e. The molecule has 1 rings (SSSR count). The summed E-state index contributed by atoms with van der Waals surface area (Å²) in [6.45, 7) is 0.689. The maximum atomic E-state index is 8.37. The molecule has 0 unspecified atom stereocenters. The van der Waals surface area contributed by atoms with E-state index in [1.165, 1.54) is 0 Å². The summed E-state index contributed by atoms with van der Waals surface area (Å²) in [5, 5.41) is 12.6. The molecule has 80 valence electrons. The maximum absolute atomic E-state index is 8.37. The molecule has 0 heterocycles. The van der Waals surface area contributed by atoms with Gasteiger partial charge in [-0.15, -0.1) is 0 Å². The van der Waals surface area contributed by atoms with Crippen molar-refractivity contribution in [3.8, 4) is 6.07 Å². The number of nitriles is 1. The standard InChI is InChI=1S/C10H9BrCl2N2/c11-7-5-8(12)10(9(13)6-7)15-4-2-1-3-14/h5-6,15H,1-2,4H2. The number of halogens is 3. The highest BCUT2D eigenvalue weighted by atomic mass is 79.9. The Labute approximate surface area is 107 Å². The third-order valence-electron chi connectivity index (χ3n) is 1.77. The molecular weight excluding hydrogens is 299 g/mol. The van der Waals surface area contributed by atoms with Crippen molar-refractivity contribution in [2.75, 3.05) is 11.9 Å². The fraction of sp³-hybridized carbons (Fsp3) is 0.300. The molecule has 2 nitrogen and oxygen atoms in total. The Bertz CT molecular complexity index is 364. The Morgan fingerprint density at radius 3 is 2.47 bits per heavy atom. The van der Waals surface area contributed by atoms with Gasteiger partial charge in [0.1, 0.15) is 0 Å². The predicted molar refractivity (Wildman–Crippen MR) is 67.5 cm³/mol. The van der Waals surface area contributed by atoms with Crippen LogP contribution >= 0.6 is 39.1 Å². The minimum Gasteiger partial charge on any atom is -0.383 e. The molecule has 0 bridgehead atoms. The topological polar surface area (TPSA) is 35.8 Å². The fourth-order valence-electron chi connectivity index (χ4n) is 1.09. The Balaban J connectivity index is 2.65. The smallest absolute Gasteiger partial charge is 0.0719 e. The highest BCUT2D eigenvalue weighted by molar-refractivity contribution is 9.10. The van der Waals surface area contributed by atoms with E-state index in [2.05, 4.69) is 27.3 Å². The van der Waals surface area contributed by atoms with Gasteiger partial charge < -0.3 is 5.32 Å². The van der Waals surface area contributed by atoms with E-state index in [0.29, 0.717) is 23.0 Å². The number of rotatable bonds is 4. The van der Waals surface area contributed by atoms with Crippen LogP contribution in [0.3, 0.4) is 0 Å². The van der Waals surface area contributed by atoms with Crippen LogP contribution in [0.1, 0.15) is 12.8 Å². The van der Waals surface area contributed by atoms with Crippen LogP contribution in [0.4, 0.5) is 5.69 Å².